The minimum Gasteiger partial charge on any atom is -0.493 e. The summed E-state index contributed by atoms with van der Waals surface area (Å²) in [5, 5.41) is 5.12. The van der Waals surface area contributed by atoms with Gasteiger partial charge in [-0.3, -0.25) is 14.9 Å². The Labute approximate surface area is 167 Å². The van der Waals surface area contributed by atoms with Crippen molar-refractivity contribution in [1.29, 1.82) is 0 Å². The second kappa shape index (κ2) is 11.0. The Hall–Kier alpha value is -3.00. The Morgan fingerprint density at radius 1 is 1.21 bits per heavy atom. The van der Waals surface area contributed by atoms with Crippen molar-refractivity contribution < 1.29 is 28.3 Å². The van der Waals surface area contributed by atoms with Gasteiger partial charge in [-0.05, 0) is 49.2 Å². The molecule has 150 valence electrons. The van der Waals surface area contributed by atoms with Crippen molar-refractivity contribution in [3.8, 4) is 5.75 Å². The van der Waals surface area contributed by atoms with E-state index >= 15 is 0 Å². The first kappa shape index (κ1) is 21.3. The fourth-order valence-corrected chi connectivity index (χ4v) is 2.41. The van der Waals surface area contributed by atoms with Crippen LogP contribution >= 0.6 is 11.6 Å². The molecule has 1 aromatic carbocycles. The van der Waals surface area contributed by atoms with Crippen LogP contribution in [-0.4, -0.2) is 31.1 Å². The normalized spacial score (nSPS) is 10.2. The lowest BCUT2D eigenvalue weighted by atomic mass is 10.2. The van der Waals surface area contributed by atoms with Crippen molar-refractivity contribution >= 4 is 29.5 Å². The first-order valence-corrected chi connectivity index (χ1v) is 8.96. The molecular formula is C19H21ClN2O6. The summed E-state index contributed by atoms with van der Waals surface area (Å²) in [6, 6.07) is 7.93. The average molecular weight is 409 g/mol. The number of nitrogens with one attached hydrogen (secondary N) is 2. The second-order valence-electron chi connectivity index (χ2n) is 5.83. The van der Waals surface area contributed by atoms with Crippen LogP contribution < -0.4 is 15.4 Å². The van der Waals surface area contributed by atoms with Gasteiger partial charge in [0, 0.05) is 11.4 Å². The van der Waals surface area contributed by atoms with Crippen LogP contribution in [0.4, 0.5) is 4.79 Å². The van der Waals surface area contributed by atoms with Gasteiger partial charge >= 0.3 is 12.0 Å². The van der Waals surface area contributed by atoms with Crippen LogP contribution in [0.15, 0.2) is 41.0 Å². The molecule has 2 aromatic rings. The van der Waals surface area contributed by atoms with E-state index in [1.54, 1.807) is 30.3 Å². The van der Waals surface area contributed by atoms with Gasteiger partial charge in [-0.15, -0.1) is 0 Å². The lowest BCUT2D eigenvalue weighted by Gasteiger charge is -2.09. The molecule has 3 amide bonds. The number of halogens is 1. The number of esters is 1. The number of carbonyl (C=O) groups is 3. The highest BCUT2D eigenvalue weighted by molar-refractivity contribution is 6.30. The number of ether oxygens (including phenoxy) is 2. The van der Waals surface area contributed by atoms with E-state index < -0.39 is 24.5 Å². The maximum Gasteiger partial charge on any atom is 0.321 e. The molecule has 1 aromatic heterocycles. The highest BCUT2D eigenvalue weighted by atomic mass is 35.5. The van der Waals surface area contributed by atoms with Crippen molar-refractivity contribution in [2.45, 2.75) is 26.3 Å². The number of imide groups is 1. The lowest BCUT2D eigenvalue weighted by Crippen LogP contribution is -2.41. The maximum absolute atomic E-state index is 11.6. The Bertz CT molecular complexity index is 807. The minimum atomic E-state index is -0.724. The summed E-state index contributed by atoms with van der Waals surface area (Å²) in [5.74, 6) is -0.0383. The topological polar surface area (TPSA) is 107 Å². The second-order valence-corrected chi connectivity index (χ2v) is 6.27. The van der Waals surface area contributed by atoms with Gasteiger partial charge in [-0.25, -0.2) is 4.79 Å². The van der Waals surface area contributed by atoms with Gasteiger partial charge in [0.05, 0.1) is 19.4 Å². The van der Waals surface area contributed by atoms with Gasteiger partial charge < -0.3 is 19.2 Å². The molecule has 0 spiro atoms. The molecule has 0 saturated heterocycles. The quantitative estimate of drug-likeness (QED) is 0.488. The predicted molar refractivity (Wildman–Crippen MR) is 101 cm³/mol. The summed E-state index contributed by atoms with van der Waals surface area (Å²) in [4.78, 5) is 34.8. The molecule has 2 rings (SSSR count). The highest BCUT2D eigenvalue weighted by Gasteiger charge is 2.11. The molecule has 1 heterocycles. The Balaban J connectivity index is 1.56. The van der Waals surface area contributed by atoms with E-state index in [-0.39, 0.29) is 13.0 Å². The molecule has 8 nitrogen and oxygen atoms in total. The smallest absolute Gasteiger partial charge is 0.321 e. The Morgan fingerprint density at radius 3 is 2.75 bits per heavy atom. The maximum atomic E-state index is 11.6. The largest absolute Gasteiger partial charge is 0.493 e. The molecule has 0 aliphatic rings. The van der Waals surface area contributed by atoms with Gasteiger partial charge in [0.1, 0.15) is 11.5 Å². The monoisotopic (exact) mass is 408 g/mol. The third kappa shape index (κ3) is 7.71. The van der Waals surface area contributed by atoms with Gasteiger partial charge in [0.15, 0.2) is 6.61 Å². The van der Waals surface area contributed by atoms with E-state index in [1.807, 2.05) is 6.92 Å². The van der Waals surface area contributed by atoms with Gasteiger partial charge in [0.2, 0.25) is 0 Å². The number of hydrogen-bond donors (Lipinski definition) is 2. The van der Waals surface area contributed by atoms with Crippen LogP contribution in [0.1, 0.15) is 24.2 Å². The van der Waals surface area contributed by atoms with E-state index in [0.29, 0.717) is 29.6 Å². The summed E-state index contributed by atoms with van der Waals surface area (Å²) in [5.41, 5.74) is 0.900. The highest BCUT2D eigenvalue weighted by Crippen LogP contribution is 2.21. The molecule has 0 bridgehead atoms. The fourth-order valence-electron chi connectivity index (χ4n) is 2.18. The molecule has 0 atom stereocenters. The number of rotatable bonds is 9. The third-order valence-corrected chi connectivity index (χ3v) is 3.78. The SMILES string of the molecule is Cc1cc(Cl)ccc1OCCCC(=O)OCC(=O)NC(=O)NCc1ccco1. The third-order valence-electron chi connectivity index (χ3n) is 3.54. The molecule has 0 saturated carbocycles. The van der Waals surface area contributed by atoms with Crippen LogP contribution in [-0.2, 0) is 20.9 Å². The van der Waals surface area contributed by atoms with E-state index in [1.165, 1.54) is 6.26 Å². The lowest BCUT2D eigenvalue weighted by molar-refractivity contribution is -0.148. The minimum absolute atomic E-state index is 0.0879. The molecule has 0 unspecified atom stereocenters. The van der Waals surface area contributed by atoms with Crippen molar-refractivity contribution in [2.24, 2.45) is 0 Å². The molecule has 0 fully saturated rings. The van der Waals surface area contributed by atoms with Gasteiger partial charge in [0.25, 0.3) is 5.91 Å². The van der Waals surface area contributed by atoms with E-state index in [0.717, 1.165) is 5.56 Å². The van der Waals surface area contributed by atoms with Crippen molar-refractivity contribution in [2.75, 3.05) is 13.2 Å². The predicted octanol–water partition coefficient (Wildman–Crippen LogP) is 2.97. The zero-order chi connectivity index (χ0) is 20.4. The molecule has 0 aliphatic heterocycles. The summed E-state index contributed by atoms with van der Waals surface area (Å²) >= 11 is 5.87. The van der Waals surface area contributed by atoms with Crippen LogP contribution in [0.5, 0.6) is 5.75 Å². The zero-order valence-corrected chi connectivity index (χ0v) is 16.1. The van der Waals surface area contributed by atoms with Crippen molar-refractivity contribution in [3.63, 3.8) is 0 Å². The van der Waals surface area contributed by atoms with Gasteiger partial charge in [-0.1, -0.05) is 11.6 Å². The first-order chi connectivity index (χ1) is 13.4. The summed E-state index contributed by atoms with van der Waals surface area (Å²) < 4.78 is 15.4. The molecule has 28 heavy (non-hydrogen) atoms. The summed E-state index contributed by atoms with van der Waals surface area (Å²) in [7, 11) is 0. The summed E-state index contributed by atoms with van der Waals surface area (Å²) in [6.45, 7) is 1.79. The number of benzene rings is 1. The molecule has 2 N–H and O–H groups in total. The van der Waals surface area contributed by atoms with E-state index in [9.17, 15) is 14.4 Å². The standard InChI is InChI=1S/C19H21ClN2O6/c1-13-10-14(20)6-7-16(13)27-9-3-5-18(24)28-12-17(23)22-19(25)21-11-15-4-2-8-26-15/h2,4,6-8,10H,3,5,9,11-12H2,1H3,(H2,21,22,23,25). The number of urea groups is 1. The van der Waals surface area contributed by atoms with Crippen molar-refractivity contribution in [1.82, 2.24) is 10.6 Å². The number of aryl methyl sites for hydroxylation is 1. The number of furan rings is 1. The molecular weight excluding hydrogens is 388 g/mol. The number of amides is 3. The van der Waals surface area contributed by atoms with Crippen LogP contribution in [0.3, 0.4) is 0 Å². The van der Waals surface area contributed by atoms with Crippen molar-refractivity contribution in [3.05, 3.63) is 52.9 Å². The molecule has 0 aliphatic carbocycles. The summed E-state index contributed by atoms with van der Waals surface area (Å²) in [6.07, 6.45) is 1.98. The first-order valence-electron chi connectivity index (χ1n) is 8.58. The van der Waals surface area contributed by atoms with E-state index in [2.05, 4.69) is 10.6 Å². The zero-order valence-electron chi connectivity index (χ0n) is 15.3. The Morgan fingerprint density at radius 2 is 2.04 bits per heavy atom. The molecule has 9 heteroatoms. The number of hydrogen-bond acceptors (Lipinski definition) is 6. The van der Waals surface area contributed by atoms with E-state index in [4.69, 9.17) is 25.5 Å². The fraction of sp³-hybridized carbons (Fsp3) is 0.316. The average Bonchev–Trinajstić information content (AvgIpc) is 3.17. The Kier molecular flexibility index (Phi) is 8.36. The molecule has 0 radical (unpaired) electrons. The number of carbonyl (C=O) groups excluding carboxylic acids is 3. The van der Waals surface area contributed by atoms with Crippen LogP contribution in [0, 0.1) is 6.92 Å². The van der Waals surface area contributed by atoms with Gasteiger partial charge in [-0.2, -0.15) is 0 Å². The van der Waals surface area contributed by atoms with Crippen LogP contribution in [0.25, 0.3) is 0 Å². The van der Waals surface area contributed by atoms with Crippen LogP contribution in [0.2, 0.25) is 5.02 Å².